The number of ether oxygens (including phenoxy) is 1. The first kappa shape index (κ1) is 15.1. The lowest BCUT2D eigenvalue weighted by Gasteiger charge is -2.14. The van der Waals surface area contributed by atoms with E-state index in [4.69, 9.17) is 9.84 Å². The lowest BCUT2D eigenvalue weighted by atomic mass is 10.1. The summed E-state index contributed by atoms with van der Waals surface area (Å²) < 4.78 is 4.86. The maximum absolute atomic E-state index is 11.9. The van der Waals surface area contributed by atoms with Crippen molar-refractivity contribution in [2.24, 2.45) is 0 Å². The van der Waals surface area contributed by atoms with Gasteiger partial charge in [0, 0.05) is 26.1 Å². The lowest BCUT2D eigenvalue weighted by molar-refractivity contribution is -0.139. The fraction of sp³-hybridized carbons (Fsp3) is 0.462. The standard InChI is InChI=1S/C13H18N2O4/c1-9-6-10(8-14-7-9)12(16)15-11(13(17)18)4-3-5-19-2/h6-8,11H,3-5H2,1-2H3,(H,15,16)(H,17,18). The number of aliphatic carboxylic acids is 1. The molecule has 1 atom stereocenters. The Morgan fingerprint density at radius 1 is 1.47 bits per heavy atom. The molecule has 1 amide bonds. The van der Waals surface area contributed by atoms with Crippen LogP contribution in [-0.4, -0.2) is 41.7 Å². The number of carbonyl (C=O) groups is 2. The highest BCUT2D eigenvalue weighted by atomic mass is 16.5. The Hall–Kier alpha value is -1.95. The number of carbonyl (C=O) groups excluding carboxylic acids is 1. The molecule has 1 aromatic heterocycles. The number of hydrogen-bond donors (Lipinski definition) is 2. The molecular weight excluding hydrogens is 248 g/mol. The number of aromatic nitrogens is 1. The fourth-order valence-electron chi connectivity index (χ4n) is 1.61. The molecule has 0 spiro atoms. The van der Waals surface area contributed by atoms with Gasteiger partial charge in [0.15, 0.2) is 0 Å². The summed E-state index contributed by atoms with van der Waals surface area (Å²) in [6.07, 6.45) is 3.94. The highest BCUT2D eigenvalue weighted by Gasteiger charge is 2.20. The van der Waals surface area contributed by atoms with Crippen LogP contribution in [-0.2, 0) is 9.53 Å². The van der Waals surface area contributed by atoms with Crippen molar-refractivity contribution < 1.29 is 19.4 Å². The third kappa shape index (κ3) is 5.05. The maximum atomic E-state index is 11.9. The van der Waals surface area contributed by atoms with Crippen molar-refractivity contribution in [2.75, 3.05) is 13.7 Å². The Morgan fingerprint density at radius 3 is 2.79 bits per heavy atom. The molecule has 0 aliphatic carbocycles. The summed E-state index contributed by atoms with van der Waals surface area (Å²) >= 11 is 0. The summed E-state index contributed by atoms with van der Waals surface area (Å²) in [5.74, 6) is -1.48. The van der Waals surface area contributed by atoms with Crippen molar-refractivity contribution in [3.05, 3.63) is 29.6 Å². The minimum absolute atomic E-state index is 0.328. The number of amides is 1. The van der Waals surface area contributed by atoms with Gasteiger partial charge in [-0.3, -0.25) is 9.78 Å². The zero-order valence-electron chi connectivity index (χ0n) is 11.0. The molecule has 1 unspecified atom stereocenters. The van der Waals surface area contributed by atoms with E-state index in [0.717, 1.165) is 5.56 Å². The van der Waals surface area contributed by atoms with Gasteiger partial charge in [0.25, 0.3) is 5.91 Å². The molecule has 6 heteroatoms. The number of hydrogen-bond acceptors (Lipinski definition) is 4. The van der Waals surface area contributed by atoms with Crippen molar-refractivity contribution in [1.82, 2.24) is 10.3 Å². The first-order valence-corrected chi connectivity index (χ1v) is 5.99. The lowest BCUT2D eigenvalue weighted by Crippen LogP contribution is -2.41. The predicted octanol–water partition coefficient (Wildman–Crippen LogP) is 1.000. The second-order valence-electron chi connectivity index (χ2n) is 4.25. The molecule has 1 rings (SSSR count). The monoisotopic (exact) mass is 266 g/mol. The van der Waals surface area contributed by atoms with E-state index in [-0.39, 0.29) is 0 Å². The van der Waals surface area contributed by atoms with Crippen molar-refractivity contribution >= 4 is 11.9 Å². The molecule has 0 aromatic carbocycles. The van der Waals surface area contributed by atoms with Crippen molar-refractivity contribution in [2.45, 2.75) is 25.8 Å². The summed E-state index contributed by atoms with van der Waals surface area (Å²) in [6.45, 7) is 2.28. The van der Waals surface area contributed by atoms with Gasteiger partial charge in [-0.05, 0) is 31.4 Å². The minimum atomic E-state index is -1.05. The van der Waals surface area contributed by atoms with E-state index >= 15 is 0 Å². The first-order chi connectivity index (χ1) is 9.04. The van der Waals surface area contributed by atoms with E-state index in [9.17, 15) is 9.59 Å². The summed E-state index contributed by atoms with van der Waals surface area (Å²) in [5.41, 5.74) is 1.21. The number of carboxylic acids is 1. The van der Waals surface area contributed by atoms with Gasteiger partial charge >= 0.3 is 5.97 Å². The molecule has 2 N–H and O–H groups in total. The van der Waals surface area contributed by atoms with E-state index in [0.29, 0.717) is 25.0 Å². The smallest absolute Gasteiger partial charge is 0.326 e. The molecular formula is C13H18N2O4. The van der Waals surface area contributed by atoms with Crippen LogP contribution < -0.4 is 5.32 Å². The summed E-state index contributed by atoms with van der Waals surface area (Å²) in [4.78, 5) is 26.9. The van der Waals surface area contributed by atoms with Crippen LogP contribution in [0.2, 0.25) is 0 Å². The van der Waals surface area contributed by atoms with E-state index in [2.05, 4.69) is 10.3 Å². The number of carboxylic acid groups (broad SMARTS) is 1. The van der Waals surface area contributed by atoms with Crippen LogP contribution in [0.5, 0.6) is 0 Å². The topological polar surface area (TPSA) is 88.5 Å². The van der Waals surface area contributed by atoms with Crippen LogP contribution in [0.15, 0.2) is 18.5 Å². The van der Waals surface area contributed by atoms with Crippen molar-refractivity contribution in [1.29, 1.82) is 0 Å². The fourth-order valence-corrected chi connectivity index (χ4v) is 1.61. The zero-order chi connectivity index (χ0) is 14.3. The highest BCUT2D eigenvalue weighted by molar-refractivity contribution is 5.96. The van der Waals surface area contributed by atoms with Gasteiger partial charge in [-0.25, -0.2) is 4.79 Å². The number of aryl methyl sites for hydroxylation is 1. The van der Waals surface area contributed by atoms with Gasteiger partial charge in [0.1, 0.15) is 6.04 Å². The Bertz CT molecular complexity index is 448. The Kier molecular flexibility index (Phi) is 5.95. The molecule has 0 saturated heterocycles. The Morgan fingerprint density at radius 2 is 2.21 bits per heavy atom. The quantitative estimate of drug-likeness (QED) is 0.719. The molecule has 0 radical (unpaired) electrons. The number of rotatable bonds is 7. The average molecular weight is 266 g/mol. The van der Waals surface area contributed by atoms with E-state index < -0.39 is 17.9 Å². The second-order valence-corrected chi connectivity index (χ2v) is 4.25. The Labute approximate surface area is 111 Å². The van der Waals surface area contributed by atoms with E-state index in [1.54, 1.807) is 19.4 Å². The molecule has 0 fully saturated rings. The van der Waals surface area contributed by atoms with E-state index in [1.165, 1.54) is 6.20 Å². The zero-order valence-corrected chi connectivity index (χ0v) is 11.0. The summed E-state index contributed by atoms with van der Waals surface area (Å²) in [7, 11) is 1.55. The van der Waals surface area contributed by atoms with Crippen LogP contribution in [0, 0.1) is 6.92 Å². The summed E-state index contributed by atoms with van der Waals surface area (Å²) in [5, 5.41) is 11.5. The molecule has 0 aliphatic rings. The Balaban J connectivity index is 2.63. The largest absolute Gasteiger partial charge is 0.480 e. The summed E-state index contributed by atoms with van der Waals surface area (Å²) in [6, 6.07) is 0.749. The van der Waals surface area contributed by atoms with Crippen LogP contribution in [0.1, 0.15) is 28.8 Å². The number of methoxy groups -OCH3 is 1. The molecule has 104 valence electrons. The molecule has 6 nitrogen and oxygen atoms in total. The molecule has 1 aromatic rings. The normalized spacial score (nSPS) is 11.9. The van der Waals surface area contributed by atoms with Gasteiger partial charge in [0.2, 0.25) is 0 Å². The molecule has 0 saturated carbocycles. The third-order valence-electron chi connectivity index (χ3n) is 2.58. The molecule has 0 aliphatic heterocycles. The average Bonchev–Trinajstić information content (AvgIpc) is 2.37. The van der Waals surface area contributed by atoms with Crippen molar-refractivity contribution in [3.63, 3.8) is 0 Å². The highest BCUT2D eigenvalue weighted by Crippen LogP contribution is 2.04. The SMILES string of the molecule is COCCCC(NC(=O)c1cncc(C)c1)C(=O)O. The molecule has 19 heavy (non-hydrogen) atoms. The van der Waals surface area contributed by atoms with Gasteiger partial charge < -0.3 is 15.2 Å². The first-order valence-electron chi connectivity index (χ1n) is 5.99. The van der Waals surface area contributed by atoms with Gasteiger partial charge in [0.05, 0.1) is 5.56 Å². The van der Waals surface area contributed by atoms with Crippen molar-refractivity contribution in [3.8, 4) is 0 Å². The van der Waals surface area contributed by atoms with Crippen LogP contribution in [0.3, 0.4) is 0 Å². The van der Waals surface area contributed by atoms with Gasteiger partial charge in [-0.2, -0.15) is 0 Å². The molecule has 1 heterocycles. The minimum Gasteiger partial charge on any atom is -0.480 e. The molecule has 0 bridgehead atoms. The number of nitrogens with zero attached hydrogens (tertiary/aromatic N) is 1. The second kappa shape index (κ2) is 7.48. The van der Waals surface area contributed by atoms with Crippen LogP contribution in [0.25, 0.3) is 0 Å². The van der Waals surface area contributed by atoms with Gasteiger partial charge in [-0.15, -0.1) is 0 Å². The van der Waals surface area contributed by atoms with Crippen LogP contribution >= 0.6 is 0 Å². The number of pyridine rings is 1. The van der Waals surface area contributed by atoms with E-state index in [1.807, 2.05) is 6.92 Å². The van der Waals surface area contributed by atoms with Gasteiger partial charge in [-0.1, -0.05) is 0 Å². The number of nitrogens with one attached hydrogen (secondary N) is 1. The predicted molar refractivity (Wildman–Crippen MR) is 69.0 cm³/mol. The third-order valence-corrected chi connectivity index (χ3v) is 2.58. The van der Waals surface area contributed by atoms with Crippen LogP contribution in [0.4, 0.5) is 0 Å². The maximum Gasteiger partial charge on any atom is 0.326 e.